The Morgan fingerprint density at radius 1 is 1.00 bits per heavy atom. The van der Waals surface area contributed by atoms with Gasteiger partial charge in [-0.2, -0.15) is 0 Å². The molecule has 3 aliphatic rings. The van der Waals surface area contributed by atoms with E-state index < -0.39 is 0 Å². The van der Waals surface area contributed by atoms with Gasteiger partial charge in [-0.1, -0.05) is 25.1 Å². The topological polar surface area (TPSA) is 24.9 Å². The molecule has 1 aromatic rings. The first-order chi connectivity index (χ1) is 12.8. The zero-order valence-corrected chi connectivity index (χ0v) is 16.2. The molecule has 3 saturated heterocycles. The molecule has 3 heterocycles. The lowest BCUT2D eigenvalue weighted by molar-refractivity contribution is -0.125. The van der Waals surface area contributed by atoms with Gasteiger partial charge in [0.15, 0.2) is 0 Å². The molecule has 3 fully saturated rings. The van der Waals surface area contributed by atoms with Crippen LogP contribution in [0.5, 0.6) is 0 Å². The number of ether oxygens (including phenoxy) is 2. The summed E-state index contributed by atoms with van der Waals surface area (Å²) in [7, 11) is 0. The molecular weight excluding hydrogens is 324 g/mol. The second-order valence-corrected chi connectivity index (χ2v) is 8.17. The highest BCUT2D eigenvalue weighted by Gasteiger charge is 2.42. The van der Waals surface area contributed by atoms with Gasteiger partial charge in [-0.05, 0) is 57.2 Å². The third-order valence-corrected chi connectivity index (χ3v) is 6.76. The fraction of sp³-hybridized carbons (Fsp3) is 0.727. The number of piperidine rings is 1. The van der Waals surface area contributed by atoms with E-state index in [1.807, 2.05) is 0 Å². The molecule has 1 spiro atoms. The van der Waals surface area contributed by atoms with E-state index in [9.17, 15) is 0 Å². The lowest BCUT2D eigenvalue weighted by Crippen LogP contribution is -2.56. The molecule has 26 heavy (non-hydrogen) atoms. The molecule has 3 aliphatic heterocycles. The van der Waals surface area contributed by atoms with Crippen molar-refractivity contribution in [3.8, 4) is 0 Å². The first kappa shape index (κ1) is 18.3. The maximum absolute atomic E-state index is 6.42. The highest BCUT2D eigenvalue weighted by atomic mass is 16.5. The normalized spacial score (nSPS) is 27.2. The molecule has 1 unspecified atom stereocenters. The average molecular weight is 359 g/mol. The summed E-state index contributed by atoms with van der Waals surface area (Å²) in [5, 5.41) is 0. The number of nitrogens with zero attached hydrogens (tertiary/aromatic N) is 2. The molecule has 0 bridgehead atoms. The third kappa shape index (κ3) is 3.92. The molecule has 4 heteroatoms. The summed E-state index contributed by atoms with van der Waals surface area (Å²) in [5.74, 6) is 0. The summed E-state index contributed by atoms with van der Waals surface area (Å²) < 4.78 is 12.0. The Balaban J connectivity index is 1.38. The molecule has 0 aliphatic carbocycles. The van der Waals surface area contributed by atoms with Crippen molar-refractivity contribution in [2.75, 3.05) is 44.4 Å². The van der Waals surface area contributed by atoms with Gasteiger partial charge in [-0.3, -0.25) is 4.90 Å². The lowest BCUT2D eigenvalue weighted by Gasteiger charge is -2.50. The molecular formula is C22H34N2O2. The van der Waals surface area contributed by atoms with Gasteiger partial charge in [0, 0.05) is 50.7 Å². The molecule has 0 saturated carbocycles. The van der Waals surface area contributed by atoms with Crippen LogP contribution in [0.15, 0.2) is 30.3 Å². The summed E-state index contributed by atoms with van der Waals surface area (Å²) in [5.41, 5.74) is 1.46. The van der Waals surface area contributed by atoms with Crippen LogP contribution in [0.1, 0.15) is 45.4 Å². The van der Waals surface area contributed by atoms with Gasteiger partial charge in [0.1, 0.15) is 0 Å². The summed E-state index contributed by atoms with van der Waals surface area (Å²) in [4.78, 5) is 5.30. The van der Waals surface area contributed by atoms with E-state index in [1.165, 1.54) is 31.4 Å². The van der Waals surface area contributed by atoms with E-state index in [0.29, 0.717) is 12.1 Å². The molecule has 144 valence electrons. The van der Waals surface area contributed by atoms with Crippen LogP contribution in [0, 0.1) is 0 Å². The van der Waals surface area contributed by atoms with Gasteiger partial charge in [0.2, 0.25) is 0 Å². The fourth-order valence-corrected chi connectivity index (χ4v) is 5.28. The Hall–Kier alpha value is -1.10. The van der Waals surface area contributed by atoms with Crippen LogP contribution in [0.25, 0.3) is 0 Å². The monoisotopic (exact) mass is 358 g/mol. The van der Waals surface area contributed by atoms with E-state index in [4.69, 9.17) is 9.47 Å². The number of benzene rings is 1. The van der Waals surface area contributed by atoms with Gasteiger partial charge in [-0.25, -0.2) is 0 Å². The quantitative estimate of drug-likeness (QED) is 0.819. The van der Waals surface area contributed by atoms with E-state index in [-0.39, 0.29) is 5.60 Å². The minimum Gasteiger partial charge on any atom is -0.381 e. The second kappa shape index (κ2) is 8.28. The van der Waals surface area contributed by atoms with Gasteiger partial charge < -0.3 is 14.4 Å². The molecule has 0 N–H and O–H groups in total. The molecule has 1 atom stereocenters. The summed E-state index contributed by atoms with van der Waals surface area (Å²) in [6.45, 7) is 8.50. The van der Waals surface area contributed by atoms with Crippen molar-refractivity contribution in [3.05, 3.63) is 30.3 Å². The van der Waals surface area contributed by atoms with Crippen LogP contribution in [0.4, 0.5) is 5.69 Å². The first-order valence-electron chi connectivity index (χ1n) is 10.6. The first-order valence-corrected chi connectivity index (χ1v) is 10.6. The maximum atomic E-state index is 6.42. The summed E-state index contributed by atoms with van der Waals surface area (Å²) in [6, 6.07) is 12.2. The smallest absolute Gasteiger partial charge is 0.0731 e. The van der Waals surface area contributed by atoms with E-state index in [2.05, 4.69) is 47.1 Å². The van der Waals surface area contributed by atoms with Gasteiger partial charge in [-0.15, -0.1) is 0 Å². The Morgan fingerprint density at radius 2 is 1.69 bits per heavy atom. The van der Waals surface area contributed by atoms with E-state index in [0.717, 1.165) is 52.3 Å². The fourth-order valence-electron chi connectivity index (χ4n) is 5.28. The van der Waals surface area contributed by atoms with Crippen molar-refractivity contribution >= 4 is 5.69 Å². The van der Waals surface area contributed by atoms with Crippen molar-refractivity contribution in [1.82, 2.24) is 4.90 Å². The van der Waals surface area contributed by atoms with E-state index in [1.54, 1.807) is 0 Å². The van der Waals surface area contributed by atoms with Crippen molar-refractivity contribution in [2.24, 2.45) is 0 Å². The number of anilines is 1. The van der Waals surface area contributed by atoms with Crippen LogP contribution in [0.2, 0.25) is 0 Å². The van der Waals surface area contributed by atoms with Crippen molar-refractivity contribution in [1.29, 1.82) is 0 Å². The molecule has 0 radical (unpaired) electrons. The van der Waals surface area contributed by atoms with Crippen LogP contribution in [-0.4, -0.2) is 62.0 Å². The SMILES string of the molecule is CCN(C1CCOCC1)C1CCOC2(CCN(c3ccccc3)CC2)C1. The standard InChI is InChI=1S/C22H34N2O2/c1-2-24(20-8-15-25-16-9-20)21-10-17-26-22(18-21)11-13-23(14-12-22)19-6-4-3-5-7-19/h3-7,20-21H,2,8-18H2,1H3. The van der Waals surface area contributed by atoms with Crippen LogP contribution in [0.3, 0.4) is 0 Å². The minimum atomic E-state index is 0.104. The summed E-state index contributed by atoms with van der Waals surface area (Å²) in [6.07, 6.45) is 7.10. The molecule has 1 aromatic carbocycles. The van der Waals surface area contributed by atoms with Crippen molar-refractivity contribution < 1.29 is 9.47 Å². The van der Waals surface area contributed by atoms with E-state index >= 15 is 0 Å². The Morgan fingerprint density at radius 3 is 2.38 bits per heavy atom. The molecule has 0 amide bonds. The van der Waals surface area contributed by atoms with Crippen molar-refractivity contribution in [3.63, 3.8) is 0 Å². The molecule has 4 rings (SSSR count). The number of hydrogen-bond acceptors (Lipinski definition) is 4. The van der Waals surface area contributed by atoms with Crippen LogP contribution >= 0.6 is 0 Å². The number of hydrogen-bond donors (Lipinski definition) is 0. The van der Waals surface area contributed by atoms with Crippen LogP contribution in [-0.2, 0) is 9.47 Å². The Kier molecular flexibility index (Phi) is 5.82. The summed E-state index contributed by atoms with van der Waals surface area (Å²) >= 11 is 0. The number of para-hydroxylation sites is 1. The highest BCUT2D eigenvalue weighted by Crippen LogP contribution is 2.38. The maximum Gasteiger partial charge on any atom is 0.0731 e. The second-order valence-electron chi connectivity index (χ2n) is 8.17. The zero-order chi connectivity index (χ0) is 17.8. The zero-order valence-electron chi connectivity index (χ0n) is 16.2. The van der Waals surface area contributed by atoms with Crippen LogP contribution < -0.4 is 4.90 Å². The van der Waals surface area contributed by atoms with Gasteiger partial charge >= 0.3 is 0 Å². The predicted molar refractivity (Wildman–Crippen MR) is 106 cm³/mol. The van der Waals surface area contributed by atoms with Crippen molar-refractivity contribution in [2.45, 2.75) is 63.1 Å². The Labute approximate surface area is 158 Å². The Bertz CT molecular complexity index is 551. The van der Waals surface area contributed by atoms with Gasteiger partial charge in [0.25, 0.3) is 0 Å². The third-order valence-electron chi connectivity index (χ3n) is 6.76. The average Bonchev–Trinajstić information content (AvgIpc) is 2.71. The lowest BCUT2D eigenvalue weighted by atomic mass is 9.81. The van der Waals surface area contributed by atoms with Gasteiger partial charge in [0.05, 0.1) is 5.60 Å². The molecule has 4 nitrogen and oxygen atoms in total. The molecule has 0 aromatic heterocycles. The highest BCUT2D eigenvalue weighted by molar-refractivity contribution is 5.46. The number of rotatable bonds is 4. The largest absolute Gasteiger partial charge is 0.381 e. The predicted octanol–water partition coefficient (Wildman–Crippen LogP) is 3.71. The minimum absolute atomic E-state index is 0.104.